The number of anilines is 1. The molecule has 0 aromatic heterocycles. The molecule has 0 atom stereocenters. The highest BCUT2D eigenvalue weighted by Crippen LogP contribution is 2.13. The second-order valence-electron chi connectivity index (χ2n) is 4.69. The van der Waals surface area contributed by atoms with Gasteiger partial charge >= 0.3 is 0 Å². The Labute approximate surface area is 123 Å². The average molecular weight is 277 g/mol. The van der Waals surface area contributed by atoms with E-state index in [0.717, 1.165) is 16.8 Å². The first-order valence-corrected chi connectivity index (χ1v) is 6.52. The molecule has 2 aromatic rings. The van der Waals surface area contributed by atoms with Crippen LogP contribution in [0, 0.1) is 25.2 Å². The summed E-state index contributed by atoms with van der Waals surface area (Å²) in [5.74, 6) is -0.390. The Balaban J connectivity index is 2.21. The maximum absolute atomic E-state index is 12.2. The van der Waals surface area contributed by atoms with E-state index in [1.54, 1.807) is 12.1 Å². The third kappa shape index (κ3) is 3.54. The molecule has 4 heteroatoms. The van der Waals surface area contributed by atoms with Crippen LogP contribution in [0.15, 0.2) is 53.6 Å². The Bertz CT molecular complexity index is 724. The Hall–Kier alpha value is -2.93. The van der Waals surface area contributed by atoms with E-state index in [0.29, 0.717) is 5.56 Å². The van der Waals surface area contributed by atoms with Gasteiger partial charge < -0.3 is 0 Å². The molecule has 0 fully saturated rings. The lowest BCUT2D eigenvalue weighted by Crippen LogP contribution is -2.14. The highest BCUT2D eigenvalue weighted by molar-refractivity contribution is 6.51. The molecule has 0 aliphatic carbocycles. The highest BCUT2D eigenvalue weighted by atomic mass is 16.1. The van der Waals surface area contributed by atoms with Gasteiger partial charge in [-0.1, -0.05) is 48.0 Å². The topological polar surface area (TPSA) is 65.2 Å². The minimum Gasteiger partial charge on any atom is -0.286 e. The molecular formula is C17H15N3O. The van der Waals surface area contributed by atoms with Crippen LogP contribution in [0.3, 0.4) is 0 Å². The van der Waals surface area contributed by atoms with Crippen LogP contribution in [0.25, 0.3) is 0 Å². The Morgan fingerprint density at radius 2 is 1.76 bits per heavy atom. The molecule has 0 bridgehead atoms. The summed E-state index contributed by atoms with van der Waals surface area (Å²) >= 11 is 0. The fourth-order valence-electron chi connectivity index (χ4n) is 1.78. The summed E-state index contributed by atoms with van der Waals surface area (Å²) in [4.78, 5) is 12.2. The van der Waals surface area contributed by atoms with Crippen LogP contribution in [0.2, 0.25) is 0 Å². The molecule has 2 rings (SSSR count). The minimum absolute atomic E-state index is 0.165. The molecule has 0 radical (unpaired) electrons. The van der Waals surface area contributed by atoms with Crippen molar-refractivity contribution in [3.8, 4) is 6.07 Å². The molecule has 2 aromatic carbocycles. The molecule has 21 heavy (non-hydrogen) atoms. The van der Waals surface area contributed by atoms with E-state index >= 15 is 0 Å². The second-order valence-corrected chi connectivity index (χ2v) is 4.69. The molecule has 0 saturated heterocycles. The number of Topliss-reactive ketones (excluding diaryl/α,β-unsaturated/α-hetero) is 1. The van der Waals surface area contributed by atoms with Gasteiger partial charge in [-0.25, -0.2) is 0 Å². The number of ketones is 1. The number of aryl methyl sites for hydroxylation is 2. The van der Waals surface area contributed by atoms with Gasteiger partial charge in [0.15, 0.2) is 0 Å². The fourth-order valence-corrected chi connectivity index (χ4v) is 1.78. The van der Waals surface area contributed by atoms with E-state index in [1.807, 2.05) is 56.3 Å². The maximum atomic E-state index is 12.2. The first-order valence-electron chi connectivity index (χ1n) is 6.52. The number of nitrogens with zero attached hydrogens (tertiary/aromatic N) is 2. The summed E-state index contributed by atoms with van der Waals surface area (Å²) < 4.78 is 0. The van der Waals surface area contributed by atoms with Gasteiger partial charge in [0.2, 0.25) is 11.5 Å². The molecule has 0 aliphatic rings. The van der Waals surface area contributed by atoms with Gasteiger partial charge in [0.25, 0.3) is 0 Å². The van der Waals surface area contributed by atoms with Crippen molar-refractivity contribution in [3.05, 3.63) is 65.2 Å². The van der Waals surface area contributed by atoms with E-state index in [1.165, 1.54) is 0 Å². The summed E-state index contributed by atoms with van der Waals surface area (Å²) in [5.41, 5.74) is 5.87. The molecule has 0 amide bonds. The average Bonchev–Trinajstić information content (AvgIpc) is 2.50. The number of hydrogen-bond acceptors (Lipinski definition) is 4. The molecule has 0 spiro atoms. The molecule has 0 unspecified atom stereocenters. The zero-order valence-corrected chi connectivity index (χ0v) is 11.9. The number of nitriles is 1. The number of rotatable bonds is 4. The number of carbonyl (C=O) groups is 1. The Kier molecular flexibility index (Phi) is 4.47. The predicted octanol–water partition coefficient (Wildman–Crippen LogP) is 3.48. The molecule has 0 heterocycles. The van der Waals surface area contributed by atoms with Gasteiger partial charge in [0.1, 0.15) is 6.07 Å². The number of nitrogens with one attached hydrogen (secondary N) is 1. The van der Waals surface area contributed by atoms with Crippen LogP contribution in [0.1, 0.15) is 21.5 Å². The van der Waals surface area contributed by atoms with Crippen molar-refractivity contribution in [3.63, 3.8) is 0 Å². The molecule has 4 nitrogen and oxygen atoms in total. The lowest BCUT2D eigenvalue weighted by atomic mass is 10.1. The SMILES string of the molecule is Cc1ccc(C(=O)C(C#N)=NNc2ccccc2C)cc1. The summed E-state index contributed by atoms with van der Waals surface area (Å²) in [6, 6.07) is 16.4. The third-order valence-corrected chi connectivity index (χ3v) is 3.07. The zero-order valence-electron chi connectivity index (χ0n) is 11.9. The monoisotopic (exact) mass is 277 g/mol. The van der Waals surface area contributed by atoms with Crippen molar-refractivity contribution in [2.75, 3.05) is 5.43 Å². The van der Waals surface area contributed by atoms with Crippen molar-refractivity contribution >= 4 is 17.2 Å². The van der Waals surface area contributed by atoms with Gasteiger partial charge in [0.05, 0.1) is 5.69 Å². The normalized spacial score (nSPS) is 10.8. The lowest BCUT2D eigenvalue weighted by molar-refractivity contribution is 0.106. The first kappa shape index (κ1) is 14.5. The van der Waals surface area contributed by atoms with E-state index in [2.05, 4.69) is 10.5 Å². The van der Waals surface area contributed by atoms with E-state index < -0.39 is 5.78 Å². The maximum Gasteiger partial charge on any atom is 0.223 e. The van der Waals surface area contributed by atoms with Crippen LogP contribution < -0.4 is 5.43 Å². The van der Waals surface area contributed by atoms with Gasteiger partial charge in [0, 0.05) is 5.56 Å². The van der Waals surface area contributed by atoms with Gasteiger partial charge in [-0.2, -0.15) is 10.4 Å². The number of hydrogen-bond donors (Lipinski definition) is 1. The van der Waals surface area contributed by atoms with E-state index in [9.17, 15) is 4.79 Å². The number of benzene rings is 2. The second kappa shape index (κ2) is 6.49. The molecule has 104 valence electrons. The number of carbonyl (C=O) groups excluding carboxylic acids is 1. The largest absolute Gasteiger partial charge is 0.286 e. The third-order valence-electron chi connectivity index (χ3n) is 3.07. The molecular weight excluding hydrogens is 262 g/mol. The van der Waals surface area contributed by atoms with E-state index in [4.69, 9.17) is 5.26 Å². The van der Waals surface area contributed by atoms with Gasteiger partial charge in [-0.15, -0.1) is 0 Å². The quantitative estimate of drug-likeness (QED) is 0.528. The summed E-state index contributed by atoms with van der Waals surface area (Å²) in [5, 5.41) is 13.0. The van der Waals surface area contributed by atoms with Crippen molar-refractivity contribution < 1.29 is 4.79 Å². The summed E-state index contributed by atoms with van der Waals surface area (Å²) in [6.07, 6.45) is 0. The van der Waals surface area contributed by atoms with Gasteiger partial charge in [-0.05, 0) is 25.5 Å². The van der Waals surface area contributed by atoms with Crippen molar-refractivity contribution in [2.24, 2.45) is 5.10 Å². The van der Waals surface area contributed by atoms with Crippen LogP contribution in [0.4, 0.5) is 5.69 Å². The molecule has 1 N–H and O–H groups in total. The highest BCUT2D eigenvalue weighted by Gasteiger charge is 2.13. The Morgan fingerprint density at radius 3 is 2.38 bits per heavy atom. The predicted molar refractivity (Wildman–Crippen MR) is 83.4 cm³/mol. The summed E-state index contributed by atoms with van der Waals surface area (Å²) in [6.45, 7) is 3.86. The Morgan fingerprint density at radius 1 is 1.10 bits per heavy atom. The van der Waals surface area contributed by atoms with Crippen LogP contribution >= 0.6 is 0 Å². The molecule has 0 saturated carbocycles. The van der Waals surface area contributed by atoms with Gasteiger partial charge in [-0.3, -0.25) is 10.2 Å². The minimum atomic E-state index is -0.390. The first-order chi connectivity index (χ1) is 10.1. The fraction of sp³-hybridized carbons (Fsp3) is 0.118. The van der Waals surface area contributed by atoms with Crippen molar-refractivity contribution in [1.29, 1.82) is 5.26 Å². The van der Waals surface area contributed by atoms with Crippen LogP contribution in [-0.4, -0.2) is 11.5 Å². The van der Waals surface area contributed by atoms with Crippen LogP contribution in [0.5, 0.6) is 0 Å². The molecule has 0 aliphatic heterocycles. The zero-order chi connectivity index (χ0) is 15.2. The van der Waals surface area contributed by atoms with Crippen LogP contribution in [-0.2, 0) is 0 Å². The van der Waals surface area contributed by atoms with Crippen molar-refractivity contribution in [2.45, 2.75) is 13.8 Å². The number of hydrazone groups is 1. The number of para-hydroxylation sites is 1. The smallest absolute Gasteiger partial charge is 0.223 e. The standard InChI is InChI=1S/C17H15N3O/c1-12-7-9-14(10-8-12)17(21)16(11-18)20-19-15-6-4-3-5-13(15)2/h3-10,19H,1-2H3. The summed E-state index contributed by atoms with van der Waals surface area (Å²) in [7, 11) is 0. The van der Waals surface area contributed by atoms with E-state index in [-0.39, 0.29) is 5.71 Å². The van der Waals surface area contributed by atoms with Crippen molar-refractivity contribution in [1.82, 2.24) is 0 Å². The lowest BCUT2D eigenvalue weighted by Gasteiger charge is -2.04.